The van der Waals surface area contributed by atoms with Crippen LogP contribution in [-0.4, -0.2) is 49.8 Å². The summed E-state index contributed by atoms with van der Waals surface area (Å²) in [7, 11) is 0. The summed E-state index contributed by atoms with van der Waals surface area (Å²) in [5.41, 5.74) is 2.53. The first kappa shape index (κ1) is 22.1. The van der Waals surface area contributed by atoms with Crippen LogP contribution in [0.15, 0.2) is 48.5 Å². The van der Waals surface area contributed by atoms with Crippen LogP contribution in [0.3, 0.4) is 0 Å². The number of rotatable bonds is 9. The molecule has 2 aromatic carbocycles. The molecule has 0 aromatic heterocycles. The van der Waals surface area contributed by atoms with Crippen LogP contribution in [0.5, 0.6) is 5.75 Å². The number of nitrogens with zero attached hydrogens (tertiary/aromatic N) is 1. The van der Waals surface area contributed by atoms with Gasteiger partial charge in [0.25, 0.3) is 0 Å². The quantitative estimate of drug-likeness (QED) is 0.654. The van der Waals surface area contributed by atoms with E-state index in [2.05, 4.69) is 26.3 Å². The van der Waals surface area contributed by atoms with Crippen molar-refractivity contribution < 1.29 is 23.0 Å². The Hall–Kier alpha value is -2.55. The van der Waals surface area contributed by atoms with Crippen LogP contribution in [0.4, 0.5) is 14.5 Å². The van der Waals surface area contributed by atoms with Crippen molar-refractivity contribution in [1.29, 1.82) is 0 Å². The lowest BCUT2D eigenvalue weighted by Gasteiger charge is -2.27. The highest BCUT2D eigenvalue weighted by atomic mass is 19.3. The molecule has 0 spiro atoms. The van der Waals surface area contributed by atoms with Gasteiger partial charge < -0.3 is 20.1 Å². The smallest absolute Gasteiger partial charge is 0.387 e. The van der Waals surface area contributed by atoms with E-state index in [9.17, 15) is 13.6 Å². The maximum atomic E-state index is 12.6. The third kappa shape index (κ3) is 6.48. The number of morpholine rings is 1. The number of para-hydroxylation sites is 2. The highest BCUT2D eigenvalue weighted by molar-refractivity contribution is 5.95. The topological polar surface area (TPSA) is 62.8 Å². The van der Waals surface area contributed by atoms with Gasteiger partial charge in [0.05, 0.1) is 24.9 Å². The lowest BCUT2D eigenvalue weighted by molar-refractivity contribution is -0.117. The van der Waals surface area contributed by atoms with Crippen molar-refractivity contribution >= 4 is 11.6 Å². The van der Waals surface area contributed by atoms with Crippen LogP contribution >= 0.6 is 0 Å². The molecule has 1 aliphatic rings. The second-order valence-electron chi connectivity index (χ2n) is 7.12. The first-order valence-corrected chi connectivity index (χ1v) is 9.98. The molecular weight excluding hydrogens is 392 g/mol. The van der Waals surface area contributed by atoms with Gasteiger partial charge in [-0.15, -0.1) is 0 Å². The highest BCUT2D eigenvalue weighted by Crippen LogP contribution is 2.25. The summed E-state index contributed by atoms with van der Waals surface area (Å²) in [5, 5.41) is 5.86. The molecule has 30 heavy (non-hydrogen) atoms. The van der Waals surface area contributed by atoms with Gasteiger partial charge in [-0.2, -0.15) is 8.78 Å². The van der Waals surface area contributed by atoms with Gasteiger partial charge in [0.2, 0.25) is 5.91 Å². The molecule has 1 aliphatic heterocycles. The van der Waals surface area contributed by atoms with Crippen LogP contribution in [0.2, 0.25) is 0 Å². The van der Waals surface area contributed by atoms with Gasteiger partial charge in [-0.3, -0.25) is 9.69 Å². The van der Waals surface area contributed by atoms with Crippen molar-refractivity contribution in [3.8, 4) is 5.75 Å². The molecule has 0 saturated carbocycles. The van der Waals surface area contributed by atoms with Crippen LogP contribution in [0.25, 0.3) is 0 Å². The summed E-state index contributed by atoms with van der Waals surface area (Å²) < 4.78 is 35.0. The van der Waals surface area contributed by atoms with Crippen molar-refractivity contribution in [1.82, 2.24) is 10.2 Å². The number of hydrogen-bond donors (Lipinski definition) is 2. The second kappa shape index (κ2) is 11.0. The molecular formula is C22H27F2N3O3. The molecule has 0 unspecified atom stereocenters. The first-order chi connectivity index (χ1) is 14.5. The lowest BCUT2D eigenvalue weighted by Crippen LogP contribution is -2.38. The Morgan fingerprint density at radius 2 is 1.77 bits per heavy atom. The molecule has 8 heteroatoms. The van der Waals surface area contributed by atoms with Gasteiger partial charge in [-0.25, -0.2) is 0 Å². The predicted octanol–water partition coefficient (Wildman–Crippen LogP) is 3.24. The van der Waals surface area contributed by atoms with E-state index in [1.807, 2.05) is 18.2 Å². The SMILES string of the molecule is C[C@@H](NCc1ccccc1CN1CCOCC1)C(=O)Nc1ccccc1OC(F)F. The average molecular weight is 419 g/mol. The van der Waals surface area contributed by atoms with Crippen LogP contribution in [-0.2, 0) is 22.6 Å². The third-order valence-electron chi connectivity index (χ3n) is 4.97. The Bertz CT molecular complexity index is 829. The highest BCUT2D eigenvalue weighted by Gasteiger charge is 2.17. The maximum absolute atomic E-state index is 12.6. The van der Waals surface area contributed by atoms with E-state index in [1.54, 1.807) is 19.1 Å². The van der Waals surface area contributed by atoms with Gasteiger partial charge in [-0.05, 0) is 30.2 Å². The number of anilines is 1. The number of alkyl halides is 2. The van der Waals surface area contributed by atoms with Crippen molar-refractivity contribution in [2.45, 2.75) is 32.7 Å². The monoisotopic (exact) mass is 419 g/mol. The standard InChI is InChI=1S/C22H27F2N3O3/c1-16(21(28)26-19-8-4-5-9-20(19)30-22(23)24)25-14-17-6-2-3-7-18(17)15-27-10-12-29-13-11-27/h2-9,16,22,25H,10-15H2,1H3,(H,26,28)/t16-/m1/s1. The van der Waals surface area contributed by atoms with E-state index in [4.69, 9.17) is 4.74 Å². The number of nitrogens with one attached hydrogen (secondary N) is 2. The van der Waals surface area contributed by atoms with E-state index in [1.165, 1.54) is 17.7 Å². The minimum atomic E-state index is -2.96. The third-order valence-corrected chi connectivity index (χ3v) is 4.97. The van der Waals surface area contributed by atoms with E-state index in [0.29, 0.717) is 6.54 Å². The van der Waals surface area contributed by atoms with Crippen molar-refractivity contribution in [2.75, 3.05) is 31.6 Å². The summed E-state index contributed by atoms with van der Waals surface area (Å²) in [5.74, 6) is -0.394. The number of carbonyl (C=O) groups is 1. The summed E-state index contributed by atoms with van der Waals surface area (Å²) in [6, 6.07) is 13.7. The Balaban J connectivity index is 1.57. The molecule has 6 nitrogen and oxygen atoms in total. The number of hydrogen-bond acceptors (Lipinski definition) is 5. The van der Waals surface area contributed by atoms with Crippen LogP contribution in [0, 0.1) is 0 Å². The predicted molar refractivity (Wildman–Crippen MR) is 111 cm³/mol. The molecule has 2 aromatic rings. The molecule has 0 bridgehead atoms. The fourth-order valence-corrected chi connectivity index (χ4v) is 3.25. The number of carbonyl (C=O) groups excluding carboxylic acids is 1. The Kier molecular flexibility index (Phi) is 8.12. The summed E-state index contributed by atoms with van der Waals surface area (Å²) in [4.78, 5) is 14.9. The Morgan fingerprint density at radius 3 is 2.50 bits per heavy atom. The normalized spacial score (nSPS) is 15.7. The summed E-state index contributed by atoms with van der Waals surface area (Å²) >= 11 is 0. The minimum absolute atomic E-state index is 0.0658. The summed E-state index contributed by atoms with van der Waals surface area (Å²) in [6.07, 6.45) is 0. The van der Waals surface area contributed by atoms with Crippen molar-refractivity contribution in [2.24, 2.45) is 0 Å². The van der Waals surface area contributed by atoms with Crippen LogP contribution in [0.1, 0.15) is 18.1 Å². The fraction of sp³-hybridized carbons (Fsp3) is 0.409. The van der Waals surface area contributed by atoms with Gasteiger partial charge in [0.15, 0.2) is 0 Å². The first-order valence-electron chi connectivity index (χ1n) is 9.98. The number of ether oxygens (including phenoxy) is 2. The number of halogens is 2. The molecule has 1 atom stereocenters. The van der Waals surface area contributed by atoms with Crippen molar-refractivity contribution in [3.63, 3.8) is 0 Å². The zero-order valence-corrected chi connectivity index (χ0v) is 16.9. The minimum Gasteiger partial charge on any atom is -0.433 e. The molecule has 3 rings (SSSR count). The molecule has 1 fully saturated rings. The largest absolute Gasteiger partial charge is 0.433 e. The lowest BCUT2D eigenvalue weighted by atomic mass is 10.1. The Labute approximate surface area is 175 Å². The van der Waals surface area contributed by atoms with E-state index in [-0.39, 0.29) is 17.3 Å². The molecule has 1 heterocycles. The molecule has 0 radical (unpaired) electrons. The van der Waals surface area contributed by atoms with E-state index < -0.39 is 12.7 Å². The zero-order valence-electron chi connectivity index (χ0n) is 16.9. The fourth-order valence-electron chi connectivity index (χ4n) is 3.25. The molecule has 162 valence electrons. The van der Waals surface area contributed by atoms with Gasteiger partial charge in [-0.1, -0.05) is 36.4 Å². The number of benzene rings is 2. The van der Waals surface area contributed by atoms with Crippen LogP contribution < -0.4 is 15.4 Å². The van der Waals surface area contributed by atoms with E-state index >= 15 is 0 Å². The molecule has 2 N–H and O–H groups in total. The zero-order chi connectivity index (χ0) is 21.3. The second-order valence-corrected chi connectivity index (χ2v) is 7.12. The Morgan fingerprint density at radius 1 is 1.10 bits per heavy atom. The van der Waals surface area contributed by atoms with E-state index in [0.717, 1.165) is 38.4 Å². The number of amides is 1. The molecule has 1 amide bonds. The summed E-state index contributed by atoms with van der Waals surface area (Å²) in [6.45, 7) is 3.42. The maximum Gasteiger partial charge on any atom is 0.387 e. The molecule has 0 aliphatic carbocycles. The van der Waals surface area contributed by atoms with Gasteiger partial charge in [0, 0.05) is 26.2 Å². The van der Waals surface area contributed by atoms with Crippen molar-refractivity contribution in [3.05, 3.63) is 59.7 Å². The van der Waals surface area contributed by atoms with Gasteiger partial charge in [0.1, 0.15) is 5.75 Å². The van der Waals surface area contributed by atoms with Gasteiger partial charge >= 0.3 is 6.61 Å². The average Bonchev–Trinajstić information content (AvgIpc) is 2.74. The molecule has 1 saturated heterocycles.